The zero-order chi connectivity index (χ0) is 11.5. The van der Waals surface area contributed by atoms with E-state index in [0.717, 1.165) is 25.2 Å². The molecule has 2 rings (SSSR count). The minimum atomic E-state index is -0.669. The Morgan fingerprint density at radius 2 is 1.88 bits per heavy atom. The van der Waals surface area contributed by atoms with Crippen molar-refractivity contribution in [3.63, 3.8) is 0 Å². The fourth-order valence-electron chi connectivity index (χ4n) is 1.77. The van der Waals surface area contributed by atoms with Gasteiger partial charge in [0.1, 0.15) is 17.7 Å². The molecule has 0 amide bonds. The molecule has 1 heterocycles. The molecule has 0 spiro atoms. The molecule has 0 saturated carbocycles. The highest BCUT2D eigenvalue weighted by Crippen LogP contribution is 2.23. The average molecular weight is 223 g/mol. The zero-order valence-corrected chi connectivity index (χ0v) is 8.63. The number of nitrogens with zero attached hydrogens (tertiary/aromatic N) is 2. The van der Waals surface area contributed by atoms with E-state index in [9.17, 15) is 8.78 Å². The molecule has 16 heavy (non-hydrogen) atoms. The Morgan fingerprint density at radius 3 is 2.50 bits per heavy atom. The maximum atomic E-state index is 13.6. The van der Waals surface area contributed by atoms with E-state index in [1.165, 1.54) is 0 Å². The van der Waals surface area contributed by atoms with Crippen LogP contribution in [0.3, 0.4) is 0 Å². The lowest BCUT2D eigenvalue weighted by Crippen LogP contribution is -2.43. The second-order valence-electron chi connectivity index (χ2n) is 3.63. The van der Waals surface area contributed by atoms with Crippen molar-refractivity contribution in [2.75, 3.05) is 31.1 Å². The number of hydrogen-bond donors (Lipinski definition) is 1. The molecule has 1 aliphatic heterocycles. The van der Waals surface area contributed by atoms with Crippen LogP contribution in [0.1, 0.15) is 5.56 Å². The van der Waals surface area contributed by atoms with Crippen LogP contribution in [0.15, 0.2) is 12.1 Å². The van der Waals surface area contributed by atoms with E-state index >= 15 is 0 Å². The van der Waals surface area contributed by atoms with E-state index in [2.05, 4.69) is 5.32 Å². The molecular formula is C11H11F2N3. The Morgan fingerprint density at radius 1 is 1.19 bits per heavy atom. The van der Waals surface area contributed by atoms with Crippen molar-refractivity contribution in [2.45, 2.75) is 0 Å². The van der Waals surface area contributed by atoms with Gasteiger partial charge in [-0.2, -0.15) is 5.26 Å². The van der Waals surface area contributed by atoms with Crippen LogP contribution in [-0.2, 0) is 0 Å². The SMILES string of the molecule is N#Cc1cc(F)c(N2CCNCC2)cc1F. The number of rotatable bonds is 1. The number of benzene rings is 1. The van der Waals surface area contributed by atoms with Crippen LogP contribution in [0.5, 0.6) is 0 Å². The summed E-state index contributed by atoms with van der Waals surface area (Å²) < 4.78 is 27.0. The predicted octanol–water partition coefficient (Wildman–Crippen LogP) is 1.25. The van der Waals surface area contributed by atoms with Crippen LogP contribution >= 0.6 is 0 Å². The Bertz CT molecular complexity index is 434. The molecule has 0 atom stereocenters. The first-order valence-electron chi connectivity index (χ1n) is 5.07. The molecular weight excluding hydrogens is 212 g/mol. The second-order valence-corrected chi connectivity index (χ2v) is 3.63. The highest BCUT2D eigenvalue weighted by atomic mass is 19.1. The molecule has 1 saturated heterocycles. The summed E-state index contributed by atoms with van der Waals surface area (Å²) in [7, 11) is 0. The Hall–Kier alpha value is -1.67. The van der Waals surface area contributed by atoms with Gasteiger partial charge >= 0.3 is 0 Å². The second kappa shape index (κ2) is 4.45. The van der Waals surface area contributed by atoms with E-state index in [-0.39, 0.29) is 11.3 Å². The zero-order valence-electron chi connectivity index (χ0n) is 8.63. The minimum absolute atomic E-state index is 0.234. The monoisotopic (exact) mass is 223 g/mol. The smallest absolute Gasteiger partial charge is 0.148 e. The van der Waals surface area contributed by atoms with E-state index in [1.54, 1.807) is 11.0 Å². The largest absolute Gasteiger partial charge is 0.367 e. The molecule has 1 aromatic rings. The Balaban J connectivity index is 2.34. The summed E-state index contributed by atoms with van der Waals surface area (Å²) in [6, 6.07) is 3.67. The number of anilines is 1. The summed E-state index contributed by atoms with van der Waals surface area (Å²) >= 11 is 0. The van der Waals surface area contributed by atoms with E-state index in [4.69, 9.17) is 5.26 Å². The van der Waals surface area contributed by atoms with Gasteiger partial charge in [-0.15, -0.1) is 0 Å². The van der Waals surface area contributed by atoms with Crippen LogP contribution in [0, 0.1) is 23.0 Å². The minimum Gasteiger partial charge on any atom is -0.367 e. The summed E-state index contributed by atoms with van der Waals surface area (Å²) in [5.74, 6) is -1.21. The lowest BCUT2D eigenvalue weighted by Gasteiger charge is -2.29. The van der Waals surface area contributed by atoms with Crippen molar-refractivity contribution >= 4 is 5.69 Å². The third-order valence-electron chi connectivity index (χ3n) is 2.61. The molecule has 84 valence electrons. The predicted molar refractivity (Wildman–Crippen MR) is 56.2 cm³/mol. The number of hydrogen-bond acceptors (Lipinski definition) is 3. The molecule has 1 aliphatic rings. The molecule has 1 fully saturated rings. The number of nitrogens with one attached hydrogen (secondary N) is 1. The molecule has 0 unspecified atom stereocenters. The summed E-state index contributed by atoms with van der Waals surface area (Å²) in [5.41, 5.74) is -0.0191. The first-order valence-corrected chi connectivity index (χ1v) is 5.07. The molecule has 0 aromatic heterocycles. The van der Waals surface area contributed by atoms with Crippen LogP contribution in [-0.4, -0.2) is 26.2 Å². The number of halogens is 2. The molecule has 0 bridgehead atoms. The van der Waals surface area contributed by atoms with Gasteiger partial charge in [0, 0.05) is 32.2 Å². The van der Waals surface area contributed by atoms with Gasteiger partial charge in [-0.05, 0) is 6.07 Å². The topological polar surface area (TPSA) is 39.1 Å². The van der Waals surface area contributed by atoms with Crippen LogP contribution in [0.4, 0.5) is 14.5 Å². The summed E-state index contributed by atoms with van der Waals surface area (Å²) in [6.07, 6.45) is 0. The molecule has 3 nitrogen and oxygen atoms in total. The quantitative estimate of drug-likeness (QED) is 0.778. The normalized spacial score (nSPS) is 15.9. The van der Waals surface area contributed by atoms with E-state index in [0.29, 0.717) is 13.1 Å². The maximum absolute atomic E-state index is 13.6. The third kappa shape index (κ3) is 1.97. The summed E-state index contributed by atoms with van der Waals surface area (Å²) in [6.45, 7) is 2.78. The van der Waals surface area contributed by atoms with Crippen LogP contribution in [0.2, 0.25) is 0 Å². The van der Waals surface area contributed by atoms with Crippen molar-refractivity contribution in [3.8, 4) is 6.07 Å². The average Bonchev–Trinajstić information content (AvgIpc) is 2.32. The first kappa shape index (κ1) is 10.8. The van der Waals surface area contributed by atoms with Gasteiger partial charge < -0.3 is 10.2 Å². The fourth-order valence-corrected chi connectivity index (χ4v) is 1.77. The molecule has 0 aliphatic carbocycles. The highest BCUT2D eigenvalue weighted by Gasteiger charge is 2.17. The Labute approximate surface area is 92.3 Å². The fraction of sp³-hybridized carbons (Fsp3) is 0.364. The summed E-state index contributed by atoms with van der Waals surface area (Å²) in [5, 5.41) is 11.7. The lowest BCUT2D eigenvalue weighted by molar-refractivity contribution is 0.557. The van der Waals surface area contributed by atoms with E-state index in [1.807, 2.05) is 0 Å². The van der Waals surface area contributed by atoms with Gasteiger partial charge in [0.15, 0.2) is 0 Å². The maximum Gasteiger partial charge on any atom is 0.148 e. The molecule has 0 radical (unpaired) electrons. The van der Waals surface area contributed by atoms with Crippen molar-refractivity contribution in [3.05, 3.63) is 29.3 Å². The van der Waals surface area contributed by atoms with Gasteiger partial charge in [0.05, 0.1) is 11.3 Å². The molecule has 5 heteroatoms. The first-order chi connectivity index (χ1) is 7.72. The standard InChI is InChI=1S/C11H11F2N3/c12-9-6-11(10(13)5-8(9)7-14)16-3-1-15-2-4-16/h5-6,15H,1-4H2. The van der Waals surface area contributed by atoms with Gasteiger partial charge in [0.25, 0.3) is 0 Å². The van der Waals surface area contributed by atoms with Crippen molar-refractivity contribution in [1.29, 1.82) is 5.26 Å². The third-order valence-corrected chi connectivity index (χ3v) is 2.61. The summed E-state index contributed by atoms with van der Waals surface area (Å²) in [4.78, 5) is 1.77. The highest BCUT2D eigenvalue weighted by molar-refractivity contribution is 5.52. The van der Waals surface area contributed by atoms with Crippen molar-refractivity contribution < 1.29 is 8.78 Å². The van der Waals surface area contributed by atoms with E-state index < -0.39 is 11.6 Å². The number of nitriles is 1. The van der Waals surface area contributed by atoms with Gasteiger partial charge in [0.2, 0.25) is 0 Å². The van der Waals surface area contributed by atoms with Gasteiger partial charge in [-0.3, -0.25) is 0 Å². The van der Waals surface area contributed by atoms with Crippen molar-refractivity contribution in [1.82, 2.24) is 5.32 Å². The molecule has 1 N–H and O–H groups in total. The lowest BCUT2D eigenvalue weighted by atomic mass is 10.1. The van der Waals surface area contributed by atoms with Crippen LogP contribution < -0.4 is 10.2 Å². The van der Waals surface area contributed by atoms with Gasteiger partial charge in [-0.25, -0.2) is 8.78 Å². The Kier molecular flexibility index (Phi) is 3.02. The van der Waals surface area contributed by atoms with Crippen molar-refractivity contribution in [2.24, 2.45) is 0 Å². The molecule has 1 aromatic carbocycles. The number of piperazine rings is 1. The van der Waals surface area contributed by atoms with Gasteiger partial charge in [-0.1, -0.05) is 0 Å². The van der Waals surface area contributed by atoms with Crippen LogP contribution in [0.25, 0.3) is 0 Å².